The Labute approximate surface area is 121 Å². The largest absolute Gasteiger partial charge is 0.451 e. The molecule has 4 rings (SSSR count). The molecule has 0 bridgehead atoms. The molecule has 0 saturated carbocycles. The van der Waals surface area contributed by atoms with Gasteiger partial charge in [-0.3, -0.25) is 9.89 Å². The maximum absolute atomic E-state index is 12.3. The summed E-state index contributed by atoms with van der Waals surface area (Å²) in [4.78, 5) is 12.3. The van der Waals surface area contributed by atoms with Gasteiger partial charge in [0, 0.05) is 17.1 Å². The number of nitrogens with one attached hydrogen (secondary N) is 2. The molecule has 106 valence electrons. The highest BCUT2D eigenvalue weighted by atomic mass is 16.3. The van der Waals surface area contributed by atoms with Gasteiger partial charge in [0.05, 0.1) is 6.20 Å². The van der Waals surface area contributed by atoms with Gasteiger partial charge in [-0.1, -0.05) is 18.2 Å². The molecular weight excluding hydrogens is 266 g/mol. The summed E-state index contributed by atoms with van der Waals surface area (Å²) in [7, 11) is 0. The van der Waals surface area contributed by atoms with Crippen molar-refractivity contribution in [1.29, 1.82) is 0 Å². The van der Waals surface area contributed by atoms with E-state index in [1.165, 1.54) is 11.3 Å². The third-order valence-electron chi connectivity index (χ3n) is 4.00. The predicted octanol–water partition coefficient (Wildman–Crippen LogP) is 2.44. The van der Waals surface area contributed by atoms with Gasteiger partial charge in [0.15, 0.2) is 5.76 Å². The van der Waals surface area contributed by atoms with E-state index in [1.807, 2.05) is 30.5 Å². The molecule has 1 amide bonds. The van der Waals surface area contributed by atoms with Crippen molar-refractivity contribution in [2.24, 2.45) is 0 Å². The third kappa shape index (κ3) is 2.20. The summed E-state index contributed by atoms with van der Waals surface area (Å²) in [6, 6.07) is 9.56. The zero-order valence-corrected chi connectivity index (χ0v) is 11.4. The lowest BCUT2D eigenvalue weighted by molar-refractivity contribution is 0.0907. The molecule has 3 aromatic rings. The van der Waals surface area contributed by atoms with Gasteiger partial charge in [0.2, 0.25) is 0 Å². The normalized spacial score (nSPS) is 17.6. The molecule has 5 nitrogen and oxygen atoms in total. The minimum Gasteiger partial charge on any atom is -0.451 e. The van der Waals surface area contributed by atoms with Crippen LogP contribution in [0.2, 0.25) is 0 Å². The summed E-state index contributed by atoms with van der Waals surface area (Å²) < 4.78 is 5.60. The smallest absolute Gasteiger partial charge is 0.287 e. The predicted molar refractivity (Wildman–Crippen MR) is 78.1 cm³/mol. The zero-order valence-electron chi connectivity index (χ0n) is 11.4. The second kappa shape index (κ2) is 4.77. The first-order valence-corrected chi connectivity index (χ1v) is 7.10. The van der Waals surface area contributed by atoms with Crippen molar-refractivity contribution in [3.8, 4) is 0 Å². The fourth-order valence-corrected chi connectivity index (χ4v) is 2.89. The van der Waals surface area contributed by atoms with Crippen molar-refractivity contribution in [3.05, 3.63) is 53.5 Å². The average Bonchev–Trinajstić information content (AvgIpc) is 3.13. The van der Waals surface area contributed by atoms with Gasteiger partial charge in [-0.15, -0.1) is 0 Å². The van der Waals surface area contributed by atoms with E-state index in [2.05, 4.69) is 15.5 Å². The summed E-state index contributed by atoms with van der Waals surface area (Å²) in [5.74, 6) is 0.220. The summed E-state index contributed by atoms with van der Waals surface area (Å²) in [6.45, 7) is 0. The summed E-state index contributed by atoms with van der Waals surface area (Å²) in [5, 5.41) is 11.0. The monoisotopic (exact) mass is 281 g/mol. The minimum atomic E-state index is -0.150. The van der Waals surface area contributed by atoms with Crippen LogP contribution in [0.4, 0.5) is 0 Å². The van der Waals surface area contributed by atoms with Gasteiger partial charge in [0.25, 0.3) is 5.91 Å². The lowest BCUT2D eigenvalue weighted by Crippen LogP contribution is -2.38. The van der Waals surface area contributed by atoms with Crippen LogP contribution in [-0.2, 0) is 12.8 Å². The van der Waals surface area contributed by atoms with Gasteiger partial charge < -0.3 is 9.73 Å². The van der Waals surface area contributed by atoms with Gasteiger partial charge >= 0.3 is 0 Å². The number of carbonyl (C=O) groups excluding carboxylic acids is 1. The number of carbonyl (C=O) groups is 1. The van der Waals surface area contributed by atoms with Gasteiger partial charge in [-0.25, -0.2) is 0 Å². The van der Waals surface area contributed by atoms with Crippen LogP contribution in [0.5, 0.6) is 0 Å². The number of hydrogen-bond donors (Lipinski definition) is 2. The highest BCUT2D eigenvalue weighted by molar-refractivity contribution is 5.96. The quantitative estimate of drug-likeness (QED) is 0.758. The van der Waals surface area contributed by atoms with E-state index in [0.717, 1.165) is 30.2 Å². The molecule has 2 N–H and O–H groups in total. The third-order valence-corrected chi connectivity index (χ3v) is 4.00. The Morgan fingerprint density at radius 2 is 2.29 bits per heavy atom. The molecule has 1 unspecified atom stereocenters. The Morgan fingerprint density at radius 1 is 1.38 bits per heavy atom. The first-order valence-electron chi connectivity index (χ1n) is 7.10. The van der Waals surface area contributed by atoms with Crippen molar-refractivity contribution < 1.29 is 9.21 Å². The number of aryl methyl sites for hydroxylation is 1. The van der Waals surface area contributed by atoms with E-state index in [9.17, 15) is 4.79 Å². The Kier molecular flexibility index (Phi) is 2.77. The molecule has 1 aliphatic carbocycles. The number of hydrogen-bond acceptors (Lipinski definition) is 3. The summed E-state index contributed by atoms with van der Waals surface area (Å²) in [6.07, 6.45) is 4.49. The standard InChI is InChI=1S/C16H15N3O2/c20-16(15-8-10-3-1-2-4-14(10)21-15)18-12-5-6-13-11(7-12)9-17-19-13/h1-4,8-9,12H,5-7H2,(H,17,19)(H,18,20). The second-order valence-electron chi connectivity index (χ2n) is 5.44. The Balaban J connectivity index is 1.51. The SMILES string of the molecule is O=C(NC1CCc2[nH]ncc2C1)c1cc2ccccc2o1. The van der Waals surface area contributed by atoms with E-state index < -0.39 is 0 Å². The topological polar surface area (TPSA) is 70.9 Å². The average molecular weight is 281 g/mol. The molecule has 0 aliphatic heterocycles. The Hall–Kier alpha value is -2.56. The van der Waals surface area contributed by atoms with Crippen LogP contribution < -0.4 is 5.32 Å². The maximum Gasteiger partial charge on any atom is 0.287 e. The van der Waals surface area contributed by atoms with Gasteiger partial charge in [-0.2, -0.15) is 5.10 Å². The number of rotatable bonds is 2. The molecular formula is C16H15N3O2. The van der Waals surface area contributed by atoms with Crippen molar-refractivity contribution in [1.82, 2.24) is 15.5 Å². The minimum absolute atomic E-state index is 0.135. The fourth-order valence-electron chi connectivity index (χ4n) is 2.89. The van der Waals surface area contributed by atoms with Crippen molar-refractivity contribution in [2.75, 3.05) is 0 Å². The number of furan rings is 1. The van der Waals surface area contributed by atoms with E-state index in [0.29, 0.717) is 5.76 Å². The summed E-state index contributed by atoms with van der Waals surface area (Å²) >= 11 is 0. The van der Waals surface area contributed by atoms with Gasteiger partial charge in [-0.05, 0) is 37.0 Å². The van der Waals surface area contributed by atoms with Crippen LogP contribution in [0, 0.1) is 0 Å². The fraction of sp³-hybridized carbons (Fsp3) is 0.250. The number of aromatic nitrogens is 2. The number of H-pyrrole nitrogens is 1. The van der Waals surface area contributed by atoms with Crippen LogP contribution >= 0.6 is 0 Å². The Bertz CT molecular complexity index is 770. The van der Waals surface area contributed by atoms with E-state index in [-0.39, 0.29) is 11.9 Å². The molecule has 1 aliphatic rings. The number of benzene rings is 1. The summed E-state index contributed by atoms with van der Waals surface area (Å²) in [5.41, 5.74) is 3.11. The van der Waals surface area contributed by atoms with Gasteiger partial charge in [0.1, 0.15) is 5.58 Å². The Morgan fingerprint density at radius 3 is 3.19 bits per heavy atom. The molecule has 2 heterocycles. The lowest BCUT2D eigenvalue weighted by atomic mass is 9.93. The molecule has 0 radical (unpaired) electrons. The van der Waals surface area contributed by atoms with E-state index >= 15 is 0 Å². The number of aromatic amines is 1. The first-order chi connectivity index (χ1) is 10.3. The molecule has 2 aromatic heterocycles. The van der Waals surface area contributed by atoms with Crippen molar-refractivity contribution in [3.63, 3.8) is 0 Å². The molecule has 21 heavy (non-hydrogen) atoms. The number of amides is 1. The van der Waals surface area contributed by atoms with Crippen LogP contribution in [0.1, 0.15) is 28.2 Å². The van der Waals surface area contributed by atoms with E-state index in [1.54, 1.807) is 6.07 Å². The molecule has 0 spiro atoms. The lowest BCUT2D eigenvalue weighted by Gasteiger charge is -2.22. The molecule has 5 heteroatoms. The number of para-hydroxylation sites is 1. The molecule has 1 aromatic carbocycles. The van der Waals surface area contributed by atoms with Crippen LogP contribution in [0.25, 0.3) is 11.0 Å². The highest BCUT2D eigenvalue weighted by Gasteiger charge is 2.23. The van der Waals surface area contributed by atoms with E-state index in [4.69, 9.17) is 4.42 Å². The molecule has 0 fully saturated rings. The molecule has 0 saturated heterocycles. The van der Waals surface area contributed by atoms with Crippen molar-refractivity contribution in [2.45, 2.75) is 25.3 Å². The maximum atomic E-state index is 12.3. The van der Waals surface area contributed by atoms with Crippen molar-refractivity contribution >= 4 is 16.9 Å². The highest BCUT2D eigenvalue weighted by Crippen LogP contribution is 2.21. The zero-order chi connectivity index (χ0) is 14.2. The molecule has 1 atom stereocenters. The first kappa shape index (κ1) is 12.2. The number of fused-ring (bicyclic) bond motifs is 2. The van der Waals surface area contributed by atoms with Crippen LogP contribution in [-0.4, -0.2) is 22.1 Å². The van der Waals surface area contributed by atoms with Crippen LogP contribution in [0.3, 0.4) is 0 Å². The number of nitrogens with zero attached hydrogens (tertiary/aromatic N) is 1. The second-order valence-corrected chi connectivity index (χ2v) is 5.44. The van der Waals surface area contributed by atoms with Crippen LogP contribution in [0.15, 0.2) is 40.9 Å².